The summed E-state index contributed by atoms with van der Waals surface area (Å²) in [4.78, 5) is 28.5. The van der Waals surface area contributed by atoms with Crippen molar-refractivity contribution in [1.29, 1.82) is 0 Å². The predicted molar refractivity (Wildman–Crippen MR) is 101 cm³/mol. The normalized spacial score (nSPS) is 10.5. The van der Waals surface area contributed by atoms with Crippen molar-refractivity contribution < 1.29 is 14.3 Å². The van der Waals surface area contributed by atoms with Crippen molar-refractivity contribution in [1.82, 2.24) is 14.8 Å². The highest BCUT2D eigenvalue weighted by molar-refractivity contribution is 6.30. The molecule has 1 heterocycles. The maximum atomic E-state index is 12.5. The smallest absolute Gasteiger partial charge is 0.338 e. The Balaban J connectivity index is 1.80. The van der Waals surface area contributed by atoms with Crippen molar-refractivity contribution in [3.05, 3.63) is 70.8 Å². The number of amides is 1. The molecule has 1 aromatic heterocycles. The molecule has 0 saturated heterocycles. The van der Waals surface area contributed by atoms with E-state index in [1.807, 2.05) is 6.07 Å². The number of hydrogen-bond donors (Lipinski definition) is 1. The Hall–Kier alpha value is -3.19. The third-order valence-corrected chi connectivity index (χ3v) is 3.89. The van der Waals surface area contributed by atoms with Crippen molar-refractivity contribution in [2.45, 2.75) is 13.8 Å². The van der Waals surface area contributed by atoms with Gasteiger partial charge in [-0.3, -0.25) is 4.79 Å². The van der Waals surface area contributed by atoms with E-state index < -0.39 is 11.9 Å². The SMILES string of the molecule is CCOC(=O)c1cccc(NC(=O)c2nc(C)n(-c3cccc(Cl)c3)n2)c1. The summed E-state index contributed by atoms with van der Waals surface area (Å²) < 4.78 is 6.50. The summed E-state index contributed by atoms with van der Waals surface area (Å²) in [7, 11) is 0. The Labute approximate surface area is 160 Å². The highest BCUT2D eigenvalue weighted by Gasteiger charge is 2.16. The molecule has 138 valence electrons. The van der Waals surface area contributed by atoms with E-state index in [9.17, 15) is 9.59 Å². The van der Waals surface area contributed by atoms with Crippen molar-refractivity contribution in [3.63, 3.8) is 0 Å². The first kappa shape index (κ1) is 18.6. The fourth-order valence-corrected chi connectivity index (χ4v) is 2.65. The van der Waals surface area contributed by atoms with Gasteiger partial charge in [0.25, 0.3) is 5.91 Å². The number of rotatable bonds is 5. The molecular formula is C19H17ClN4O3. The fraction of sp³-hybridized carbons (Fsp3) is 0.158. The molecule has 0 radical (unpaired) electrons. The van der Waals surface area contributed by atoms with Crippen LogP contribution in [0.5, 0.6) is 0 Å². The molecule has 0 fully saturated rings. The van der Waals surface area contributed by atoms with Crippen LogP contribution in [-0.4, -0.2) is 33.2 Å². The van der Waals surface area contributed by atoms with Gasteiger partial charge >= 0.3 is 5.97 Å². The Morgan fingerprint density at radius 3 is 2.70 bits per heavy atom. The molecule has 1 amide bonds. The lowest BCUT2D eigenvalue weighted by molar-refractivity contribution is 0.0526. The van der Waals surface area contributed by atoms with Crippen molar-refractivity contribution >= 4 is 29.2 Å². The lowest BCUT2D eigenvalue weighted by Crippen LogP contribution is -2.15. The first-order chi connectivity index (χ1) is 13.0. The fourth-order valence-electron chi connectivity index (χ4n) is 2.46. The zero-order valence-electron chi connectivity index (χ0n) is 14.8. The minimum absolute atomic E-state index is 0.00835. The van der Waals surface area contributed by atoms with Crippen LogP contribution in [0.2, 0.25) is 5.02 Å². The van der Waals surface area contributed by atoms with Gasteiger partial charge in [0.2, 0.25) is 5.82 Å². The molecule has 27 heavy (non-hydrogen) atoms. The van der Waals surface area contributed by atoms with Gasteiger partial charge < -0.3 is 10.1 Å². The maximum absolute atomic E-state index is 12.5. The maximum Gasteiger partial charge on any atom is 0.338 e. The second-order valence-corrected chi connectivity index (χ2v) is 6.07. The predicted octanol–water partition coefficient (Wildman–Crippen LogP) is 3.66. The Morgan fingerprint density at radius 1 is 1.19 bits per heavy atom. The van der Waals surface area contributed by atoms with Gasteiger partial charge in [-0.1, -0.05) is 23.7 Å². The van der Waals surface area contributed by atoms with Crippen LogP contribution in [0, 0.1) is 6.92 Å². The second-order valence-electron chi connectivity index (χ2n) is 5.63. The Bertz CT molecular complexity index is 1000. The summed E-state index contributed by atoms with van der Waals surface area (Å²) in [6.45, 7) is 3.75. The molecule has 3 aromatic rings. The number of aryl methyl sites for hydroxylation is 1. The molecule has 7 nitrogen and oxygen atoms in total. The second kappa shape index (κ2) is 8.01. The van der Waals surface area contributed by atoms with Gasteiger partial charge in [0.15, 0.2) is 0 Å². The summed E-state index contributed by atoms with van der Waals surface area (Å²) >= 11 is 6.01. The average Bonchev–Trinajstić information content (AvgIpc) is 3.04. The van der Waals surface area contributed by atoms with Crippen molar-refractivity contribution in [3.8, 4) is 5.69 Å². The zero-order valence-corrected chi connectivity index (χ0v) is 15.5. The van der Waals surface area contributed by atoms with E-state index in [2.05, 4.69) is 15.4 Å². The van der Waals surface area contributed by atoms with Crippen LogP contribution >= 0.6 is 11.6 Å². The van der Waals surface area contributed by atoms with Gasteiger partial charge in [0.1, 0.15) is 5.82 Å². The van der Waals surface area contributed by atoms with E-state index in [-0.39, 0.29) is 12.4 Å². The summed E-state index contributed by atoms with van der Waals surface area (Å²) in [6.07, 6.45) is 0. The highest BCUT2D eigenvalue weighted by Crippen LogP contribution is 2.16. The Kier molecular flexibility index (Phi) is 5.52. The molecule has 0 saturated carbocycles. The van der Waals surface area contributed by atoms with Crippen LogP contribution in [0.4, 0.5) is 5.69 Å². The topological polar surface area (TPSA) is 86.1 Å². The number of benzene rings is 2. The van der Waals surface area contributed by atoms with Gasteiger partial charge in [-0.15, -0.1) is 5.10 Å². The lowest BCUT2D eigenvalue weighted by atomic mass is 10.2. The summed E-state index contributed by atoms with van der Waals surface area (Å²) in [6, 6.07) is 13.6. The molecule has 0 unspecified atom stereocenters. The lowest BCUT2D eigenvalue weighted by Gasteiger charge is -2.06. The van der Waals surface area contributed by atoms with E-state index in [1.54, 1.807) is 50.2 Å². The molecule has 2 aromatic carbocycles. The quantitative estimate of drug-likeness (QED) is 0.678. The van der Waals surface area contributed by atoms with Crippen LogP contribution in [-0.2, 0) is 4.74 Å². The van der Waals surface area contributed by atoms with Gasteiger partial charge in [0.05, 0.1) is 17.9 Å². The van der Waals surface area contributed by atoms with E-state index in [0.717, 1.165) is 0 Å². The molecule has 0 atom stereocenters. The van der Waals surface area contributed by atoms with Gasteiger partial charge in [0, 0.05) is 10.7 Å². The molecule has 0 aliphatic rings. The van der Waals surface area contributed by atoms with Gasteiger partial charge in [-0.25, -0.2) is 14.5 Å². The number of ether oxygens (including phenoxy) is 1. The number of anilines is 1. The van der Waals surface area contributed by atoms with Crippen molar-refractivity contribution in [2.75, 3.05) is 11.9 Å². The average molecular weight is 385 g/mol. The number of nitrogens with zero attached hydrogens (tertiary/aromatic N) is 3. The Morgan fingerprint density at radius 2 is 1.96 bits per heavy atom. The number of halogens is 1. The molecule has 0 aliphatic heterocycles. The first-order valence-corrected chi connectivity index (χ1v) is 8.64. The van der Waals surface area contributed by atoms with Crippen LogP contribution < -0.4 is 5.32 Å². The number of nitrogens with one attached hydrogen (secondary N) is 1. The highest BCUT2D eigenvalue weighted by atomic mass is 35.5. The minimum atomic E-state index is -0.486. The van der Waals surface area contributed by atoms with E-state index in [0.29, 0.717) is 27.8 Å². The minimum Gasteiger partial charge on any atom is -0.462 e. The molecule has 8 heteroatoms. The van der Waals surface area contributed by atoms with E-state index in [4.69, 9.17) is 16.3 Å². The number of esters is 1. The molecule has 0 bridgehead atoms. The summed E-state index contributed by atoms with van der Waals surface area (Å²) in [5.74, 6) is -0.385. The van der Waals surface area contributed by atoms with Crippen molar-refractivity contribution in [2.24, 2.45) is 0 Å². The zero-order chi connectivity index (χ0) is 19.4. The van der Waals surface area contributed by atoms with E-state index in [1.165, 1.54) is 10.7 Å². The van der Waals surface area contributed by atoms with Crippen LogP contribution in [0.3, 0.4) is 0 Å². The third kappa shape index (κ3) is 4.32. The molecule has 3 rings (SSSR count). The number of aromatic nitrogens is 3. The third-order valence-electron chi connectivity index (χ3n) is 3.66. The molecule has 0 aliphatic carbocycles. The molecular weight excluding hydrogens is 368 g/mol. The van der Waals surface area contributed by atoms with Gasteiger partial charge in [-0.2, -0.15) is 0 Å². The largest absolute Gasteiger partial charge is 0.462 e. The molecule has 0 spiro atoms. The first-order valence-electron chi connectivity index (χ1n) is 8.26. The van der Waals surface area contributed by atoms with Gasteiger partial charge in [-0.05, 0) is 50.2 Å². The standard InChI is InChI=1S/C19H17ClN4O3/c1-3-27-19(26)13-6-4-8-15(10-13)22-18(25)17-21-12(2)24(23-17)16-9-5-7-14(20)11-16/h4-11H,3H2,1-2H3,(H,22,25). The molecule has 1 N–H and O–H groups in total. The van der Waals surface area contributed by atoms with Crippen LogP contribution in [0.1, 0.15) is 33.7 Å². The number of carbonyl (C=O) groups excluding carboxylic acids is 2. The van der Waals surface area contributed by atoms with Crippen LogP contribution in [0.15, 0.2) is 48.5 Å². The summed E-state index contributed by atoms with van der Waals surface area (Å²) in [5, 5.41) is 7.49. The number of carbonyl (C=O) groups is 2. The monoisotopic (exact) mass is 384 g/mol. The van der Waals surface area contributed by atoms with E-state index >= 15 is 0 Å². The summed E-state index contributed by atoms with van der Waals surface area (Å²) in [5.41, 5.74) is 1.50. The number of hydrogen-bond acceptors (Lipinski definition) is 5. The van der Waals surface area contributed by atoms with Crippen LogP contribution in [0.25, 0.3) is 5.69 Å².